The first-order chi connectivity index (χ1) is 11.6. The third kappa shape index (κ3) is 7.08. The van der Waals surface area contributed by atoms with Gasteiger partial charge in [-0.15, -0.1) is 24.0 Å². The Morgan fingerprint density at radius 2 is 2.12 bits per heavy atom. The zero-order valence-corrected chi connectivity index (χ0v) is 16.5. The molecule has 1 aromatic heterocycles. The van der Waals surface area contributed by atoms with Gasteiger partial charge in [-0.05, 0) is 31.2 Å². The number of halogens is 2. The van der Waals surface area contributed by atoms with E-state index in [1.54, 1.807) is 16.9 Å². The van der Waals surface area contributed by atoms with E-state index in [1.165, 1.54) is 18.2 Å². The van der Waals surface area contributed by atoms with E-state index in [9.17, 15) is 9.18 Å². The summed E-state index contributed by atoms with van der Waals surface area (Å²) in [5.41, 5.74) is 1.37. The van der Waals surface area contributed by atoms with Crippen molar-refractivity contribution in [1.82, 2.24) is 20.4 Å². The molecule has 2 rings (SSSR count). The second kappa shape index (κ2) is 10.6. The highest BCUT2D eigenvalue weighted by molar-refractivity contribution is 14.0. The minimum Gasteiger partial charge on any atom is -0.357 e. The topological polar surface area (TPSA) is 83.3 Å². The number of anilines is 1. The molecule has 3 N–H and O–H groups in total. The van der Waals surface area contributed by atoms with E-state index in [2.05, 4.69) is 26.0 Å². The van der Waals surface area contributed by atoms with Crippen LogP contribution in [0.1, 0.15) is 12.6 Å². The predicted molar refractivity (Wildman–Crippen MR) is 106 cm³/mol. The number of hydrogen-bond acceptors (Lipinski definition) is 3. The standard InChI is InChI=1S/C16H21FN6O.HI/c1-3-18-16(19-10-14-7-8-21-23(14)2)20-11-15(24)22-13-6-4-5-12(17)9-13;/h4-9H,3,10-11H2,1-2H3,(H,22,24)(H2,18,19,20);1H. The zero-order chi connectivity index (χ0) is 17.4. The third-order valence-corrected chi connectivity index (χ3v) is 3.19. The molecule has 0 fully saturated rings. The van der Waals surface area contributed by atoms with Gasteiger partial charge in [0, 0.05) is 25.5 Å². The third-order valence-electron chi connectivity index (χ3n) is 3.19. The maximum atomic E-state index is 13.1. The number of amides is 1. The molecule has 0 aliphatic carbocycles. The van der Waals surface area contributed by atoms with Gasteiger partial charge in [0.1, 0.15) is 5.82 Å². The number of aromatic nitrogens is 2. The number of hydrogen-bond donors (Lipinski definition) is 3. The Kier molecular flexibility index (Phi) is 8.89. The van der Waals surface area contributed by atoms with Gasteiger partial charge in [-0.1, -0.05) is 6.07 Å². The van der Waals surface area contributed by atoms with E-state index < -0.39 is 5.82 Å². The van der Waals surface area contributed by atoms with Crippen LogP contribution in [0.2, 0.25) is 0 Å². The molecule has 2 aromatic rings. The van der Waals surface area contributed by atoms with Crippen LogP contribution >= 0.6 is 24.0 Å². The molecule has 0 aliphatic rings. The normalized spacial score (nSPS) is 10.8. The molecule has 9 heteroatoms. The van der Waals surface area contributed by atoms with Gasteiger partial charge < -0.3 is 16.0 Å². The smallest absolute Gasteiger partial charge is 0.243 e. The van der Waals surface area contributed by atoms with Crippen LogP contribution in [-0.4, -0.2) is 34.7 Å². The molecule has 0 unspecified atom stereocenters. The maximum absolute atomic E-state index is 13.1. The summed E-state index contributed by atoms with van der Waals surface area (Å²) in [6, 6.07) is 7.63. The highest BCUT2D eigenvalue weighted by Crippen LogP contribution is 2.08. The minimum atomic E-state index is -0.396. The summed E-state index contributed by atoms with van der Waals surface area (Å²) in [5.74, 6) is -0.160. The molecule has 1 aromatic carbocycles. The number of nitrogens with one attached hydrogen (secondary N) is 3. The highest BCUT2D eigenvalue weighted by Gasteiger charge is 2.05. The van der Waals surface area contributed by atoms with Crippen molar-refractivity contribution in [2.75, 3.05) is 18.4 Å². The molecule has 25 heavy (non-hydrogen) atoms. The summed E-state index contributed by atoms with van der Waals surface area (Å²) in [7, 11) is 1.84. The van der Waals surface area contributed by atoms with Gasteiger partial charge in [0.15, 0.2) is 5.96 Å². The van der Waals surface area contributed by atoms with Crippen molar-refractivity contribution in [3.8, 4) is 0 Å². The lowest BCUT2D eigenvalue weighted by molar-refractivity contribution is -0.115. The second-order valence-corrected chi connectivity index (χ2v) is 5.05. The van der Waals surface area contributed by atoms with Crippen LogP contribution in [0, 0.1) is 5.82 Å². The molecule has 1 amide bonds. The first kappa shape index (κ1) is 20.9. The fourth-order valence-electron chi connectivity index (χ4n) is 1.99. The average molecular weight is 460 g/mol. The number of carbonyl (C=O) groups excluding carboxylic acids is 1. The molecular formula is C16H22FIN6O. The Labute approximate surface area is 163 Å². The lowest BCUT2D eigenvalue weighted by Gasteiger charge is -2.11. The first-order valence-electron chi connectivity index (χ1n) is 7.63. The molecule has 0 atom stereocenters. The number of aliphatic imine (C=N–C) groups is 1. The lowest BCUT2D eigenvalue weighted by atomic mass is 10.3. The van der Waals surface area contributed by atoms with Gasteiger partial charge in [-0.2, -0.15) is 5.10 Å². The summed E-state index contributed by atoms with van der Waals surface area (Å²) >= 11 is 0. The van der Waals surface area contributed by atoms with Crippen LogP contribution < -0.4 is 16.0 Å². The van der Waals surface area contributed by atoms with Gasteiger partial charge in [-0.25, -0.2) is 9.38 Å². The van der Waals surface area contributed by atoms with Crippen LogP contribution in [0.3, 0.4) is 0 Å². The van der Waals surface area contributed by atoms with Crippen molar-refractivity contribution < 1.29 is 9.18 Å². The molecule has 0 saturated heterocycles. The van der Waals surface area contributed by atoms with E-state index >= 15 is 0 Å². The van der Waals surface area contributed by atoms with Crippen LogP contribution in [0.15, 0.2) is 41.5 Å². The summed E-state index contributed by atoms with van der Waals surface area (Å²) in [6.07, 6.45) is 1.71. The fraction of sp³-hybridized carbons (Fsp3) is 0.312. The first-order valence-corrected chi connectivity index (χ1v) is 7.63. The van der Waals surface area contributed by atoms with E-state index in [4.69, 9.17) is 0 Å². The van der Waals surface area contributed by atoms with Crippen molar-refractivity contribution in [3.05, 3.63) is 48.0 Å². The number of carbonyl (C=O) groups is 1. The summed E-state index contributed by atoms with van der Waals surface area (Å²) in [6.45, 7) is 3.07. The number of rotatable bonds is 6. The fourth-order valence-corrected chi connectivity index (χ4v) is 1.99. The second-order valence-electron chi connectivity index (χ2n) is 5.05. The van der Waals surface area contributed by atoms with E-state index in [0.717, 1.165) is 5.69 Å². The molecule has 0 radical (unpaired) electrons. The van der Waals surface area contributed by atoms with Crippen molar-refractivity contribution in [1.29, 1.82) is 0 Å². The summed E-state index contributed by atoms with van der Waals surface area (Å²) < 4.78 is 14.8. The van der Waals surface area contributed by atoms with Crippen LogP contribution in [0.25, 0.3) is 0 Å². The largest absolute Gasteiger partial charge is 0.357 e. The lowest BCUT2D eigenvalue weighted by Crippen LogP contribution is -2.41. The molecule has 0 aliphatic heterocycles. The van der Waals surface area contributed by atoms with Crippen molar-refractivity contribution in [2.24, 2.45) is 12.0 Å². The van der Waals surface area contributed by atoms with Gasteiger partial charge in [0.25, 0.3) is 0 Å². The van der Waals surface area contributed by atoms with E-state index in [-0.39, 0.29) is 36.4 Å². The van der Waals surface area contributed by atoms with Crippen LogP contribution in [0.4, 0.5) is 10.1 Å². The van der Waals surface area contributed by atoms with E-state index in [0.29, 0.717) is 24.7 Å². The average Bonchev–Trinajstić information content (AvgIpc) is 2.95. The Bertz CT molecular complexity index is 718. The van der Waals surface area contributed by atoms with Crippen molar-refractivity contribution >= 4 is 41.5 Å². The van der Waals surface area contributed by atoms with Crippen molar-refractivity contribution in [3.63, 3.8) is 0 Å². The SMILES string of the molecule is CCNC(=NCc1ccnn1C)NCC(=O)Nc1cccc(F)c1.I. The van der Waals surface area contributed by atoms with Gasteiger partial charge in [-0.3, -0.25) is 9.48 Å². The Morgan fingerprint density at radius 1 is 1.32 bits per heavy atom. The monoisotopic (exact) mass is 460 g/mol. The number of nitrogens with zero attached hydrogens (tertiary/aromatic N) is 3. The Morgan fingerprint density at radius 3 is 2.76 bits per heavy atom. The number of aryl methyl sites for hydroxylation is 1. The van der Waals surface area contributed by atoms with Gasteiger partial charge in [0.2, 0.25) is 5.91 Å². The zero-order valence-electron chi connectivity index (χ0n) is 14.1. The number of guanidine groups is 1. The van der Waals surface area contributed by atoms with Crippen molar-refractivity contribution in [2.45, 2.75) is 13.5 Å². The number of benzene rings is 1. The quantitative estimate of drug-likeness (QED) is 0.349. The maximum Gasteiger partial charge on any atom is 0.243 e. The molecular weight excluding hydrogens is 438 g/mol. The predicted octanol–water partition coefficient (Wildman–Crippen LogP) is 1.87. The molecule has 1 heterocycles. The highest BCUT2D eigenvalue weighted by atomic mass is 127. The van der Waals surface area contributed by atoms with E-state index in [1.807, 2.05) is 20.0 Å². The summed E-state index contributed by atoms with van der Waals surface area (Å²) in [4.78, 5) is 16.3. The van der Waals surface area contributed by atoms with Gasteiger partial charge >= 0.3 is 0 Å². The minimum absolute atomic E-state index is 0. The molecule has 136 valence electrons. The molecule has 0 spiro atoms. The van der Waals surface area contributed by atoms with Crippen LogP contribution in [0.5, 0.6) is 0 Å². The van der Waals surface area contributed by atoms with Crippen LogP contribution in [-0.2, 0) is 18.4 Å². The van der Waals surface area contributed by atoms with Gasteiger partial charge in [0.05, 0.1) is 18.8 Å². The Balaban J connectivity index is 0.00000312. The summed E-state index contributed by atoms with van der Waals surface area (Å²) in [5, 5.41) is 12.7. The molecule has 7 nitrogen and oxygen atoms in total. The molecule has 0 bridgehead atoms. The molecule has 0 saturated carbocycles. The Hall–Kier alpha value is -2.17.